The van der Waals surface area contributed by atoms with E-state index in [2.05, 4.69) is 120 Å². The van der Waals surface area contributed by atoms with Crippen molar-refractivity contribution in [1.82, 2.24) is 34.7 Å². The maximum absolute atomic E-state index is 11.1. The first-order chi connectivity index (χ1) is 20.5. The summed E-state index contributed by atoms with van der Waals surface area (Å²) in [6.07, 6.45) is 0. The van der Waals surface area contributed by atoms with E-state index in [1.165, 1.54) is 26.2 Å². The predicted molar refractivity (Wildman–Crippen MR) is 192 cm³/mol. The lowest BCUT2D eigenvalue weighted by Gasteiger charge is -2.42. The number of nitrogens with zero attached hydrogens (tertiary/aromatic N) is 6. The van der Waals surface area contributed by atoms with Crippen LogP contribution in [0.25, 0.3) is 0 Å². The fourth-order valence-electron chi connectivity index (χ4n) is 5.38. The molecule has 3 heterocycles. The van der Waals surface area contributed by atoms with Gasteiger partial charge in [0, 0.05) is 121 Å². The van der Waals surface area contributed by atoms with Gasteiger partial charge in [-0.1, -0.05) is 0 Å². The normalized spacial score (nSPS) is 20.3. The van der Waals surface area contributed by atoms with Crippen LogP contribution in [0, 0.1) is 0 Å². The van der Waals surface area contributed by atoms with Crippen LogP contribution in [0.15, 0.2) is 0 Å². The van der Waals surface area contributed by atoms with Gasteiger partial charge in [-0.3, -0.25) is 24.4 Å². The lowest BCUT2D eigenvalue weighted by molar-refractivity contribution is -0.131. The quantitative estimate of drug-likeness (QED) is 0.428. The summed E-state index contributed by atoms with van der Waals surface area (Å²) in [5.41, 5.74) is 1.04. The van der Waals surface area contributed by atoms with Crippen molar-refractivity contribution < 1.29 is 15.0 Å². The van der Waals surface area contributed by atoms with Gasteiger partial charge in [0.25, 0.3) is 0 Å². The Kier molecular flexibility index (Phi) is 20.1. The summed E-state index contributed by atoms with van der Waals surface area (Å²) in [6, 6.07) is 0. The van der Waals surface area contributed by atoms with E-state index >= 15 is 0 Å². The zero-order valence-electron chi connectivity index (χ0n) is 32.3. The zero-order chi connectivity index (χ0) is 35.1. The molecule has 0 aromatic carbocycles. The third-order valence-corrected chi connectivity index (χ3v) is 8.63. The number of nitrogens with one attached hydrogen (secondary N) is 1. The molecule has 0 atom stereocenters. The largest absolute Gasteiger partial charge is 0.395 e. The highest BCUT2D eigenvalue weighted by molar-refractivity contribution is 5.73. The summed E-state index contributed by atoms with van der Waals surface area (Å²) in [6.45, 7) is 43.3. The molecule has 0 aliphatic carbocycles. The Bertz CT molecular complexity index is 760. The molecule has 3 aliphatic rings. The molecule has 10 nitrogen and oxygen atoms in total. The van der Waals surface area contributed by atoms with Crippen molar-refractivity contribution >= 4 is 5.91 Å². The second kappa shape index (κ2) is 20.5. The lowest BCUT2D eigenvalue weighted by Crippen LogP contribution is -2.54. The van der Waals surface area contributed by atoms with Crippen LogP contribution in [0.5, 0.6) is 0 Å². The monoisotopic (exact) mass is 644 g/mol. The fourth-order valence-corrected chi connectivity index (χ4v) is 5.38. The average Bonchev–Trinajstić information content (AvgIpc) is 2.92. The molecule has 0 radical (unpaired) electrons. The number of likely N-dealkylation sites (N-methyl/N-ethyl adjacent to an activating group) is 1. The molecule has 45 heavy (non-hydrogen) atoms. The number of hydrogen-bond donors (Lipinski definition) is 3. The van der Waals surface area contributed by atoms with E-state index in [1.54, 1.807) is 6.92 Å². The molecule has 3 rings (SSSR count). The number of β-amino-alcohol motifs (C(OH)–C–C–N with tert-alkyl or cyclic N) is 2. The first-order valence-electron chi connectivity index (χ1n) is 17.4. The second-order valence-corrected chi connectivity index (χ2v) is 16.7. The van der Waals surface area contributed by atoms with Crippen LogP contribution in [-0.4, -0.2) is 180 Å². The van der Waals surface area contributed by atoms with Gasteiger partial charge < -0.3 is 25.3 Å². The zero-order valence-corrected chi connectivity index (χ0v) is 32.3. The van der Waals surface area contributed by atoms with Crippen molar-refractivity contribution in [2.75, 3.05) is 112 Å². The molecule has 270 valence electrons. The van der Waals surface area contributed by atoms with E-state index in [-0.39, 0.29) is 30.2 Å². The van der Waals surface area contributed by atoms with Gasteiger partial charge in [0.05, 0.1) is 13.2 Å². The van der Waals surface area contributed by atoms with Crippen LogP contribution >= 0.6 is 0 Å². The highest BCUT2D eigenvalue weighted by Crippen LogP contribution is 2.17. The van der Waals surface area contributed by atoms with Gasteiger partial charge in [0.1, 0.15) is 0 Å². The predicted octanol–water partition coefficient (Wildman–Crippen LogP) is 2.74. The molecular weight excluding hydrogens is 566 g/mol. The van der Waals surface area contributed by atoms with Crippen molar-refractivity contribution in [1.29, 1.82) is 0 Å². The minimum Gasteiger partial charge on any atom is -0.395 e. The van der Waals surface area contributed by atoms with Crippen LogP contribution in [0.1, 0.15) is 90.0 Å². The summed E-state index contributed by atoms with van der Waals surface area (Å²) in [4.78, 5) is 25.2. The molecular formula is C35H77N7O3. The van der Waals surface area contributed by atoms with Gasteiger partial charge in [-0.05, 0) is 90.1 Å². The maximum Gasteiger partial charge on any atom is 0.219 e. The first-order valence-corrected chi connectivity index (χ1v) is 17.4. The number of aliphatic hydroxyl groups excluding tert-OH is 2. The minimum atomic E-state index is 0.142. The van der Waals surface area contributed by atoms with E-state index in [4.69, 9.17) is 10.2 Å². The van der Waals surface area contributed by atoms with Crippen LogP contribution in [-0.2, 0) is 4.79 Å². The Morgan fingerprint density at radius 2 is 0.933 bits per heavy atom. The van der Waals surface area contributed by atoms with Crippen molar-refractivity contribution in [2.45, 2.75) is 112 Å². The second-order valence-electron chi connectivity index (χ2n) is 16.7. The van der Waals surface area contributed by atoms with Gasteiger partial charge in [-0.2, -0.15) is 0 Å². The smallest absolute Gasteiger partial charge is 0.219 e. The van der Waals surface area contributed by atoms with E-state index in [0.29, 0.717) is 17.6 Å². The Labute approximate surface area is 279 Å². The van der Waals surface area contributed by atoms with Gasteiger partial charge in [-0.25, -0.2) is 0 Å². The molecule has 3 aliphatic heterocycles. The topological polar surface area (TPSA) is 89.0 Å². The third-order valence-electron chi connectivity index (χ3n) is 8.63. The summed E-state index contributed by atoms with van der Waals surface area (Å²) < 4.78 is 0. The van der Waals surface area contributed by atoms with E-state index < -0.39 is 0 Å². The van der Waals surface area contributed by atoms with Crippen LogP contribution in [0.4, 0.5) is 0 Å². The van der Waals surface area contributed by atoms with E-state index in [0.717, 1.165) is 58.9 Å². The van der Waals surface area contributed by atoms with Crippen LogP contribution < -0.4 is 5.32 Å². The van der Waals surface area contributed by atoms with Crippen molar-refractivity contribution in [3.05, 3.63) is 0 Å². The Balaban J connectivity index is 0.000000583. The molecule has 0 spiro atoms. The fraction of sp³-hybridized carbons (Fsp3) is 0.971. The van der Waals surface area contributed by atoms with Crippen LogP contribution in [0.2, 0.25) is 0 Å². The van der Waals surface area contributed by atoms with E-state index in [1.807, 2.05) is 4.90 Å². The van der Waals surface area contributed by atoms with Crippen molar-refractivity contribution in [2.24, 2.45) is 0 Å². The number of amides is 1. The molecule has 3 N–H and O–H groups in total. The van der Waals surface area contributed by atoms with E-state index in [9.17, 15) is 4.79 Å². The third kappa shape index (κ3) is 20.9. The number of piperazine rings is 3. The van der Waals surface area contributed by atoms with Crippen LogP contribution in [0.3, 0.4) is 0 Å². The highest BCUT2D eigenvalue weighted by atomic mass is 16.3. The van der Waals surface area contributed by atoms with Gasteiger partial charge in [-0.15, -0.1) is 0 Å². The number of hydrogen-bond acceptors (Lipinski definition) is 9. The highest BCUT2D eigenvalue weighted by Gasteiger charge is 2.27. The SMILES string of the molecule is CC(=O)N1CCN(C(C)(C)C)CC1.CC(C)(C)N1CCN(CCO)CC1.CC(C)(C)NCCO.CN1CCN(C(C)(C)C)CC1. The molecule has 0 bridgehead atoms. The molecule has 0 unspecified atom stereocenters. The average molecular weight is 644 g/mol. The van der Waals surface area contributed by atoms with Gasteiger partial charge in [0.2, 0.25) is 5.91 Å². The van der Waals surface area contributed by atoms with Crippen molar-refractivity contribution in [3.63, 3.8) is 0 Å². The molecule has 1 amide bonds. The molecule has 10 heteroatoms. The number of carbonyl (C=O) groups excluding carboxylic acids is 1. The first kappa shape index (κ1) is 44.1. The number of rotatable bonds is 4. The maximum atomic E-state index is 11.1. The van der Waals surface area contributed by atoms with Crippen molar-refractivity contribution in [3.8, 4) is 0 Å². The summed E-state index contributed by atoms with van der Waals surface area (Å²) in [7, 11) is 2.19. The Morgan fingerprint density at radius 3 is 1.20 bits per heavy atom. The molecule has 0 aromatic rings. The van der Waals surface area contributed by atoms with Gasteiger partial charge >= 0.3 is 0 Å². The summed E-state index contributed by atoms with van der Waals surface area (Å²) in [5.74, 6) is 0.202. The molecule has 3 fully saturated rings. The lowest BCUT2D eigenvalue weighted by atomic mass is 10.1. The van der Waals surface area contributed by atoms with Gasteiger partial charge in [0.15, 0.2) is 0 Å². The Hall–Kier alpha value is -0.850. The number of aliphatic hydroxyl groups is 2. The summed E-state index contributed by atoms with van der Waals surface area (Å²) >= 11 is 0. The standard InChI is InChI=1S/C10H20N2O.C10H22N2O.C9H20N2.C6H15NO/c1-9(13)11-5-7-12(8-6-11)10(2,3)4;1-10(2,3)12-6-4-11(5-7-12)8-9-13;1-9(2,3)11-7-5-10(4)6-8-11;1-6(2,3)7-4-5-8/h5-8H2,1-4H3;13H,4-9H2,1-3H3;5-8H2,1-4H3;7-8H,4-5H2,1-3H3. The Morgan fingerprint density at radius 1 is 0.578 bits per heavy atom. The molecule has 0 aromatic heterocycles. The molecule has 0 saturated carbocycles. The minimum absolute atomic E-state index is 0.142. The molecule has 3 saturated heterocycles. The summed E-state index contributed by atoms with van der Waals surface area (Å²) in [5, 5.41) is 20.3. The number of carbonyl (C=O) groups is 1.